The third kappa shape index (κ3) is 4.54. The van der Waals surface area contributed by atoms with Crippen molar-refractivity contribution in [1.82, 2.24) is 4.72 Å². The van der Waals surface area contributed by atoms with Gasteiger partial charge in [0.1, 0.15) is 6.61 Å². The molecule has 3 aromatic carbocycles. The Labute approximate surface area is 162 Å². The summed E-state index contributed by atoms with van der Waals surface area (Å²) >= 11 is 0. The predicted octanol–water partition coefficient (Wildman–Crippen LogP) is 1.96. The van der Waals surface area contributed by atoms with Crippen LogP contribution >= 0.6 is 0 Å². The number of rotatable bonds is 7. The molecular weight excluding hydrogens is 380 g/mol. The van der Waals surface area contributed by atoms with Crippen molar-refractivity contribution in [3.05, 3.63) is 77.9 Å². The highest BCUT2D eigenvalue weighted by molar-refractivity contribution is 7.89. The summed E-state index contributed by atoms with van der Waals surface area (Å²) in [6.45, 7) is -0.405. The van der Waals surface area contributed by atoms with Gasteiger partial charge < -0.3 is 10.5 Å². The SMILES string of the molecule is NC(=O)CNS(=O)(=O)c1ccc(C(=O)OCc2cccc3ccccc23)cc1. The van der Waals surface area contributed by atoms with E-state index in [1.807, 2.05) is 42.5 Å². The van der Waals surface area contributed by atoms with Gasteiger partial charge in [-0.2, -0.15) is 0 Å². The van der Waals surface area contributed by atoms with Crippen LogP contribution in [0.4, 0.5) is 0 Å². The lowest BCUT2D eigenvalue weighted by atomic mass is 10.1. The van der Waals surface area contributed by atoms with E-state index in [1.54, 1.807) is 0 Å². The number of sulfonamides is 1. The minimum absolute atomic E-state index is 0.0839. The average molecular weight is 398 g/mol. The van der Waals surface area contributed by atoms with Crippen LogP contribution in [-0.2, 0) is 26.2 Å². The highest BCUT2D eigenvalue weighted by atomic mass is 32.2. The van der Waals surface area contributed by atoms with Crippen LogP contribution in [0.2, 0.25) is 0 Å². The lowest BCUT2D eigenvalue weighted by Crippen LogP contribution is -2.33. The fourth-order valence-electron chi connectivity index (χ4n) is 2.66. The minimum atomic E-state index is -3.88. The van der Waals surface area contributed by atoms with Gasteiger partial charge in [0.2, 0.25) is 15.9 Å². The molecule has 0 saturated heterocycles. The van der Waals surface area contributed by atoms with Crippen LogP contribution in [0.5, 0.6) is 0 Å². The quantitative estimate of drug-likeness (QED) is 0.590. The van der Waals surface area contributed by atoms with Crippen molar-refractivity contribution in [2.45, 2.75) is 11.5 Å². The van der Waals surface area contributed by atoms with Gasteiger partial charge in [0.25, 0.3) is 0 Å². The summed E-state index contributed by atoms with van der Waals surface area (Å²) in [7, 11) is -3.88. The fraction of sp³-hybridized carbons (Fsp3) is 0.100. The Kier molecular flexibility index (Phi) is 5.72. The molecule has 3 N–H and O–H groups in total. The number of hydrogen-bond donors (Lipinski definition) is 2. The normalized spacial score (nSPS) is 11.3. The largest absolute Gasteiger partial charge is 0.457 e. The predicted molar refractivity (Wildman–Crippen MR) is 104 cm³/mol. The summed E-state index contributed by atoms with van der Waals surface area (Å²) in [6, 6.07) is 18.8. The third-order valence-corrected chi connectivity index (χ3v) is 5.49. The molecule has 0 unspecified atom stereocenters. The maximum atomic E-state index is 12.3. The second-order valence-electron chi connectivity index (χ2n) is 6.03. The van der Waals surface area contributed by atoms with Crippen molar-refractivity contribution in [1.29, 1.82) is 0 Å². The highest BCUT2D eigenvalue weighted by Gasteiger charge is 2.16. The molecule has 1 amide bonds. The number of carbonyl (C=O) groups excluding carboxylic acids is 2. The van der Waals surface area contributed by atoms with Crippen LogP contribution in [0.3, 0.4) is 0 Å². The van der Waals surface area contributed by atoms with E-state index in [0.29, 0.717) is 0 Å². The summed E-state index contributed by atoms with van der Waals surface area (Å²) in [5, 5.41) is 2.05. The summed E-state index contributed by atoms with van der Waals surface area (Å²) in [4.78, 5) is 22.9. The van der Waals surface area contributed by atoms with Gasteiger partial charge in [-0.1, -0.05) is 42.5 Å². The Bertz CT molecular complexity index is 1120. The van der Waals surface area contributed by atoms with Gasteiger partial charge in [-0.3, -0.25) is 4.79 Å². The van der Waals surface area contributed by atoms with E-state index < -0.39 is 28.4 Å². The van der Waals surface area contributed by atoms with Crippen molar-refractivity contribution in [2.24, 2.45) is 5.73 Å². The molecule has 0 aliphatic heterocycles. The number of ether oxygens (including phenoxy) is 1. The molecule has 0 heterocycles. The zero-order chi connectivity index (χ0) is 20.1. The molecule has 0 aliphatic rings. The van der Waals surface area contributed by atoms with Gasteiger partial charge >= 0.3 is 5.97 Å². The number of nitrogens with one attached hydrogen (secondary N) is 1. The number of hydrogen-bond acceptors (Lipinski definition) is 5. The van der Waals surface area contributed by atoms with Gasteiger partial charge in [-0.15, -0.1) is 0 Å². The summed E-state index contributed by atoms with van der Waals surface area (Å²) < 4.78 is 31.5. The molecule has 0 aromatic heterocycles. The average Bonchev–Trinajstić information content (AvgIpc) is 2.70. The fourth-order valence-corrected chi connectivity index (χ4v) is 3.66. The van der Waals surface area contributed by atoms with Gasteiger partial charge in [-0.25, -0.2) is 17.9 Å². The maximum Gasteiger partial charge on any atom is 0.338 e. The van der Waals surface area contributed by atoms with Crippen molar-refractivity contribution >= 4 is 32.7 Å². The third-order valence-electron chi connectivity index (χ3n) is 4.08. The second-order valence-corrected chi connectivity index (χ2v) is 7.80. The zero-order valence-electron chi connectivity index (χ0n) is 14.8. The van der Waals surface area contributed by atoms with Crippen LogP contribution in [0, 0.1) is 0 Å². The van der Waals surface area contributed by atoms with Crippen molar-refractivity contribution in [2.75, 3.05) is 6.54 Å². The van der Waals surface area contributed by atoms with Gasteiger partial charge in [0, 0.05) is 0 Å². The highest BCUT2D eigenvalue weighted by Crippen LogP contribution is 2.20. The van der Waals surface area contributed by atoms with E-state index in [1.165, 1.54) is 24.3 Å². The lowest BCUT2D eigenvalue weighted by molar-refractivity contribution is -0.116. The van der Waals surface area contributed by atoms with Crippen LogP contribution in [0.25, 0.3) is 10.8 Å². The summed E-state index contributed by atoms with van der Waals surface area (Å²) in [5.41, 5.74) is 6.02. The number of esters is 1. The van der Waals surface area contributed by atoms with Crippen LogP contribution < -0.4 is 10.5 Å². The van der Waals surface area contributed by atoms with E-state index in [9.17, 15) is 18.0 Å². The Morgan fingerprint density at radius 2 is 1.61 bits per heavy atom. The molecule has 0 aliphatic carbocycles. The van der Waals surface area contributed by atoms with Crippen LogP contribution in [-0.4, -0.2) is 26.8 Å². The number of fused-ring (bicyclic) bond motifs is 1. The molecule has 3 rings (SSSR count). The number of benzene rings is 3. The molecule has 0 bridgehead atoms. The Morgan fingerprint density at radius 3 is 2.32 bits per heavy atom. The van der Waals surface area contributed by atoms with E-state index in [0.717, 1.165) is 16.3 Å². The first-order valence-electron chi connectivity index (χ1n) is 8.38. The second kappa shape index (κ2) is 8.20. The molecule has 7 nitrogen and oxygen atoms in total. The Hall–Kier alpha value is -3.23. The first-order chi connectivity index (χ1) is 13.4. The molecule has 0 spiro atoms. The minimum Gasteiger partial charge on any atom is -0.457 e. The maximum absolute atomic E-state index is 12.3. The monoisotopic (exact) mass is 398 g/mol. The molecule has 28 heavy (non-hydrogen) atoms. The first kappa shape index (κ1) is 19.5. The summed E-state index contributed by atoms with van der Waals surface area (Å²) in [6.07, 6.45) is 0. The Morgan fingerprint density at radius 1 is 0.929 bits per heavy atom. The van der Waals surface area contributed by atoms with E-state index in [4.69, 9.17) is 10.5 Å². The van der Waals surface area contributed by atoms with E-state index in [-0.39, 0.29) is 17.1 Å². The zero-order valence-corrected chi connectivity index (χ0v) is 15.6. The molecule has 144 valence electrons. The molecule has 0 radical (unpaired) electrons. The van der Waals surface area contributed by atoms with Crippen LogP contribution in [0.15, 0.2) is 71.6 Å². The topological polar surface area (TPSA) is 116 Å². The van der Waals surface area contributed by atoms with Crippen molar-refractivity contribution < 1.29 is 22.7 Å². The molecule has 8 heteroatoms. The lowest BCUT2D eigenvalue weighted by Gasteiger charge is -2.09. The molecule has 0 saturated carbocycles. The van der Waals surface area contributed by atoms with Crippen molar-refractivity contribution in [3.63, 3.8) is 0 Å². The molecule has 0 atom stereocenters. The van der Waals surface area contributed by atoms with E-state index in [2.05, 4.69) is 4.72 Å². The van der Waals surface area contributed by atoms with Gasteiger partial charge in [0.15, 0.2) is 0 Å². The molecular formula is C20H18N2O5S. The number of carbonyl (C=O) groups is 2. The van der Waals surface area contributed by atoms with Crippen LogP contribution in [0.1, 0.15) is 15.9 Å². The van der Waals surface area contributed by atoms with E-state index >= 15 is 0 Å². The molecule has 3 aromatic rings. The van der Waals surface area contributed by atoms with Gasteiger partial charge in [0.05, 0.1) is 17.0 Å². The standard InChI is InChI=1S/C20H18N2O5S/c21-19(23)12-22-28(25,26)17-10-8-15(9-11-17)20(24)27-13-16-6-3-5-14-4-1-2-7-18(14)16/h1-11,22H,12-13H2,(H2,21,23). The molecule has 0 fully saturated rings. The number of nitrogens with two attached hydrogens (primary N) is 1. The number of amides is 1. The van der Waals surface area contributed by atoms with Crippen molar-refractivity contribution in [3.8, 4) is 0 Å². The Balaban J connectivity index is 1.69. The first-order valence-corrected chi connectivity index (χ1v) is 9.87. The van der Waals surface area contributed by atoms with Gasteiger partial charge in [-0.05, 0) is 40.6 Å². The smallest absolute Gasteiger partial charge is 0.338 e. The number of primary amides is 1. The summed E-state index contributed by atoms with van der Waals surface area (Å²) in [5.74, 6) is -1.36.